The second-order valence-corrected chi connectivity index (χ2v) is 5.02. The Kier molecular flexibility index (Phi) is 4.28. The van der Waals surface area contributed by atoms with Crippen LogP contribution in [0.3, 0.4) is 0 Å². The van der Waals surface area contributed by atoms with E-state index < -0.39 is 0 Å². The van der Waals surface area contributed by atoms with Crippen molar-refractivity contribution in [2.24, 2.45) is 11.7 Å². The lowest BCUT2D eigenvalue weighted by Gasteiger charge is -2.21. The molecule has 18 heavy (non-hydrogen) atoms. The van der Waals surface area contributed by atoms with E-state index in [1.807, 2.05) is 12.3 Å². The molecule has 3 nitrogen and oxygen atoms in total. The van der Waals surface area contributed by atoms with Gasteiger partial charge >= 0.3 is 0 Å². The number of hydrogen-bond donors (Lipinski definition) is 1. The molecule has 96 valence electrons. The highest BCUT2D eigenvalue weighted by Gasteiger charge is 2.07. The smallest absolute Gasteiger partial charge is 0.0705 e. The Hall–Kier alpha value is -1.45. The van der Waals surface area contributed by atoms with Crippen LogP contribution in [0.1, 0.15) is 12.5 Å². The molecule has 1 aromatic carbocycles. The van der Waals surface area contributed by atoms with E-state index in [-0.39, 0.29) is 0 Å². The third kappa shape index (κ3) is 3.06. The fraction of sp³-hybridized carbons (Fsp3) is 0.400. The van der Waals surface area contributed by atoms with Crippen molar-refractivity contribution in [3.05, 3.63) is 42.1 Å². The highest BCUT2D eigenvalue weighted by Crippen LogP contribution is 2.17. The van der Waals surface area contributed by atoms with Crippen molar-refractivity contribution in [2.75, 3.05) is 20.1 Å². The number of aromatic nitrogens is 1. The second kappa shape index (κ2) is 5.94. The maximum Gasteiger partial charge on any atom is 0.0705 e. The Labute approximate surface area is 109 Å². The number of fused-ring (bicyclic) bond motifs is 1. The van der Waals surface area contributed by atoms with Crippen LogP contribution >= 0.6 is 0 Å². The van der Waals surface area contributed by atoms with Crippen molar-refractivity contribution in [1.82, 2.24) is 9.88 Å². The largest absolute Gasteiger partial charge is 0.330 e. The third-order valence-corrected chi connectivity index (χ3v) is 3.21. The van der Waals surface area contributed by atoms with E-state index in [1.165, 1.54) is 10.9 Å². The number of nitrogens with two attached hydrogens (primary N) is 1. The first-order valence-electron chi connectivity index (χ1n) is 6.42. The summed E-state index contributed by atoms with van der Waals surface area (Å²) in [6.07, 6.45) is 1.89. The summed E-state index contributed by atoms with van der Waals surface area (Å²) >= 11 is 0. The summed E-state index contributed by atoms with van der Waals surface area (Å²) in [5.41, 5.74) is 8.06. The van der Waals surface area contributed by atoms with Crippen LogP contribution in [-0.4, -0.2) is 30.0 Å². The van der Waals surface area contributed by atoms with Gasteiger partial charge in [-0.25, -0.2) is 0 Å². The second-order valence-electron chi connectivity index (χ2n) is 5.02. The quantitative estimate of drug-likeness (QED) is 0.876. The van der Waals surface area contributed by atoms with Crippen molar-refractivity contribution in [3.8, 4) is 0 Å². The van der Waals surface area contributed by atoms with Crippen LogP contribution in [0.15, 0.2) is 36.5 Å². The molecule has 2 N–H and O–H groups in total. The van der Waals surface area contributed by atoms with Gasteiger partial charge in [0.15, 0.2) is 0 Å². The fourth-order valence-electron chi connectivity index (χ4n) is 2.25. The van der Waals surface area contributed by atoms with E-state index in [1.54, 1.807) is 0 Å². The lowest BCUT2D eigenvalue weighted by molar-refractivity contribution is 0.283. The maximum atomic E-state index is 5.67. The molecule has 0 saturated carbocycles. The molecule has 0 aliphatic carbocycles. The molecule has 0 saturated heterocycles. The summed E-state index contributed by atoms with van der Waals surface area (Å²) in [4.78, 5) is 6.71. The zero-order valence-corrected chi connectivity index (χ0v) is 11.1. The monoisotopic (exact) mass is 243 g/mol. The first kappa shape index (κ1) is 13.0. The Bertz CT molecular complexity index is 505. The lowest BCUT2D eigenvalue weighted by Crippen LogP contribution is -2.28. The van der Waals surface area contributed by atoms with Gasteiger partial charge in [-0.3, -0.25) is 4.98 Å². The summed E-state index contributed by atoms with van der Waals surface area (Å²) in [7, 11) is 2.14. The standard InChI is InChI=1S/C15H21N3/c1-12(9-16)10-18(2)11-13-7-8-17-15-6-4-3-5-14(13)15/h3-8,12H,9-11,16H2,1-2H3. The van der Waals surface area contributed by atoms with Gasteiger partial charge in [0.1, 0.15) is 0 Å². The minimum atomic E-state index is 0.531. The molecule has 0 aliphatic rings. The van der Waals surface area contributed by atoms with E-state index in [0.717, 1.165) is 25.2 Å². The summed E-state index contributed by atoms with van der Waals surface area (Å²) in [5, 5.41) is 1.24. The molecule has 0 amide bonds. The van der Waals surface area contributed by atoms with Crippen molar-refractivity contribution in [2.45, 2.75) is 13.5 Å². The molecular formula is C15H21N3. The van der Waals surface area contributed by atoms with Crippen LogP contribution in [0, 0.1) is 5.92 Å². The van der Waals surface area contributed by atoms with Crippen molar-refractivity contribution in [1.29, 1.82) is 0 Å². The van der Waals surface area contributed by atoms with Gasteiger partial charge in [0, 0.05) is 24.7 Å². The SMILES string of the molecule is CC(CN)CN(C)Cc1ccnc2ccccc12. The summed E-state index contributed by atoms with van der Waals surface area (Å²) < 4.78 is 0. The number of benzene rings is 1. The van der Waals surface area contributed by atoms with Crippen molar-refractivity contribution in [3.63, 3.8) is 0 Å². The average Bonchev–Trinajstić information content (AvgIpc) is 2.39. The predicted molar refractivity (Wildman–Crippen MR) is 76.3 cm³/mol. The summed E-state index contributed by atoms with van der Waals surface area (Å²) in [6, 6.07) is 10.4. The van der Waals surface area contributed by atoms with Crippen LogP contribution in [0.4, 0.5) is 0 Å². The highest BCUT2D eigenvalue weighted by atomic mass is 15.1. The molecule has 0 spiro atoms. The number of pyridine rings is 1. The first-order chi connectivity index (χ1) is 8.70. The molecule has 0 radical (unpaired) electrons. The van der Waals surface area contributed by atoms with E-state index in [9.17, 15) is 0 Å². The molecule has 1 heterocycles. The van der Waals surface area contributed by atoms with Gasteiger partial charge < -0.3 is 10.6 Å². The molecule has 2 aromatic rings. The Morgan fingerprint density at radius 3 is 2.83 bits per heavy atom. The van der Waals surface area contributed by atoms with Crippen LogP contribution in [0.5, 0.6) is 0 Å². The molecule has 0 bridgehead atoms. The molecule has 0 aliphatic heterocycles. The number of hydrogen-bond acceptors (Lipinski definition) is 3. The molecular weight excluding hydrogens is 222 g/mol. The van der Waals surface area contributed by atoms with Crippen molar-refractivity contribution >= 4 is 10.9 Å². The van der Waals surface area contributed by atoms with E-state index in [0.29, 0.717) is 5.92 Å². The van der Waals surface area contributed by atoms with Gasteiger partial charge in [0.2, 0.25) is 0 Å². The zero-order valence-electron chi connectivity index (χ0n) is 11.1. The van der Waals surface area contributed by atoms with E-state index in [4.69, 9.17) is 5.73 Å². The van der Waals surface area contributed by atoms with E-state index >= 15 is 0 Å². The Balaban J connectivity index is 2.16. The molecule has 3 heteroatoms. The average molecular weight is 243 g/mol. The Morgan fingerprint density at radius 1 is 1.28 bits per heavy atom. The number of para-hydroxylation sites is 1. The van der Waals surface area contributed by atoms with Crippen LogP contribution < -0.4 is 5.73 Å². The summed E-state index contributed by atoms with van der Waals surface area (Å²) in [5.74, 6) is 0.531. The normalized spacial score (nSPS) is 13.1. The Morgan fingerprint density at radius 2 is 2.06 bits per heavy atom. The van der Waals surface area contributed by atoms with Crippen LogP contribution in [-0.2, 0) is 6.54 Å². The molecule has 1 atom stereocenters. The van der Waals surface area contributed by atoms with Gasteiger partial charge in [-0.2, -0.15) is 0 Å². The molecule has 1 unspecified atom stereocenters. The topological polar surface area (TPSA) is 42.1 Å². The highest BCUT2D eigenvalue weighted by molar-refractivity contribution is 5.81. The predicted octanol–water partition coefficient (Wildman–Crippen LogP) is 2.26. The maximum absolute atomic E-state index is 5.67. The fourth-order valence-corrected chi connectivity index (χ4v) is 2.25. The lowest BCUT2D eigenvalue weighted by atomic mass is 10.1. The molecule has 1 aromatic heterocycles. The third-order valence-electron chi connectivity index (χ3n) is 3.21. The van der Waals surface area contributed by atoms with Gasteiger partial charge in [-0.05, 0) is 37.2 Å². The number of rotatable bonds is 5. The van der Waals surface area contributed by atoms with Gasteiger partial charge in [-0.1, -0.05) is 25.1 Å². The minimum absolute atomic E-state index is 0.531. The molecule has 0 fully saturated rings. The van der Waals surface area contributed by atoms with Crippen LogP contribution in [0.25, 0.3) is 10.9 Å². The van der Waals surface area contributed by atoms with E-state index in [2.05, 4.69) is 48.1 Å². The number of nitrogens with zero attached hydrogens (tertiary/aromatic N) is 2. The van der Waals surface area contributed by atoms with Gasteiger partial charge in [-0.15, -0.1) is 0 Å². The van der Waals surface area contributed by atoms with Crippen molar-refractivity contribution < 1.29 is 0 Å². The molecule has 2 rings (SSSR count). The summed E-state index contributed by atoms with van der Waals surface area (Å²) in [6.45, 7) is 4.88. The zero-order chi connectivity index (χ0) is 13.0. The minimum Gasteiger partial charge on any atom is -0.330 e. The van der Waals surface area contributed by atoms with Crippen LogP contribution in [0.2, 0.25) is 0 Å². The van der Waals surface area contributed by atoms with Gasteiger partial charge in [0.05, 0.1) is 5.52 Å². The first-order valence-corrected chi connectivity index (χ1v) is 6.42. The van der Waals surface area contributed by atoms with Gasteiger partial charge in [0.25, 0.3) is 0 Å².